The normalized spacial score (nSPS) is 21.5. The van der Waals surface area contributed by atoms with Crippen molar-refractivity contribution >= 4 is 72.6 Å². The van der Waals surface area contributed by atoms with Crippen LogP contribution in [0.25, 0.3) is 16.6 Å². The van der Waals surface area contributed by atoms with Crippen molar-refractivity contribution < 1.29 is 41.8 Å². The van der Waals surface area contributed by atoms with Gasteiger partial charge in [-0.15, -0.1) is 0 Å². The Labute approximate surface area is 385 Å². The predicted octanol–water partition coefficient (Wildman–Crippen LogP) is 6.10. The van der Waals surface area contributed by atoms with Crippen molar-refractivity contribution in [1.29, 1.82) is 0 Å². The number of piperazine rings is 1. The molecule has 10 rings (SSSR count). The third kappa shape index (κ3) is 9.29. The summed E-state index contributed by atoms with van der Waals surface area (Å²) in [5.41, 5.74) is 6.05. The van der Waals surface area contributed by atoms with Gasteiger partial charge >= 0.3 is 0 Å². The van der Waals surface area contributed by atoms with E-state index < -0.39 is 31.4 Å². The van der Waals surface area contributed by atoms with E-state index in [4.69, 9.17) is 40.3 Å². The van der Waals surface area contributed by atoms with Gasteiger partial charge in [0.05, 0.1) is 65.8 Å². The number of amides is 1. The molecule has 4 aliphatic heterocycles. The second-order valence-corrected chi connectivity index (χ2v) is 19.0. The van der Waals surface area contributed by atoms with Gasteiger partial charge in [0.25, 0.3) is 21.6 Å². The number of nitro groups is 1. The molecule has 5 aromatic rings. The molecule has 3 atom stereocenters. The van der Waals surface area contributed by atoms with E-state index in [0.29, 0.717) is 87.2 Å². The van der Waals surface area contributed by atoms with E-state index in [-0.39, 0.29) is 36.1 Å². The topological polar surface area (TPSA) is 203 Å². The molecule has 2 aromatic heterocycles. The second-order valence-electron chi connectivity index (χ2n) is 16.9. The van der Waals surface area contributed by atoms with Crippen LogP contribution in [0.2, 0.25) is 5.02 Å². The lowest BCUT2D eigenvalue weighted by Gasteiger charge is -2.38. The summed E-state index contributed by atoms with van der Waals surface area (Å²) in [6, 6.07) is 20.7. The third-order valence-electron chi connectivity index (χ3n) is 12.8. The van der Waals surface area contributed by atoms with Gasteiger partial charge in [-0.05, 0) is 84.1 Å². The lowest BCUT2D eigenvalue weighted by atomic mass is 9.84. The Morgan fingerprint density at radius 1 is 0.909 bits per heavy atom. The van der Waals surface area contributed by atoms with Crippen molar-refractivity contribution in [2.45, 2.75) is 42.5 Å². The van der Waals surface area contributed by atoms with Gasteiger partial charge in [-0.1, -0.05) is 23.7 Å². The average molecular weight is 941 g/mol. The summed E-state index contributed by atoms with van der Waals surface area (Å²) in [5, 5.41) is 16.7. The molecular formula is C46H49ClN8O10S. The Bertz CT molecular complexity index is 2780. The van der Waals surface area contributed by atoms with Crippen LogP contribution in [0.1, 0.15) is 35.2 Å². The van der Waals surface area contributed by atoms with Crippen molar-refractivity contribution in [3.05, 3.63) is 111 Å². The number of carbonyl (C=O) groups is 1. The molecule has 3 saturated heterocycles. The lowest BCUT2D eigenvalue weighted by molar-refractivity contribution is -0.384. The molecule has 18 nitrogen and oxygen atoms in total. The van der Waals surface area contributed by atoms with Gasteiger partial charge in [-0.3, -0.25) is 19.8 Å². The van der Waals surface area contributed by atoms with E-state index in [1.54, 1.807) is 12.3 Å². The fourth-order valence-electron chi connectivity index (χ4n) is 9.33. The SMILES string of the molecule is O=C(NS(=O)(=O)c1ccc(NC[C@H]2COCCO2)c([N+](=O)[O-])c1)c1ccc(N2CCN(CC3=C(c4ccc(Cl)cc4)CC4OCOC4C3)CC2)cc1N1CCCOc2nc3[nH]ccc3cc21. The van der Waals surface area contributed by atoms with Crippen molar-refractivity contribution in [2.75, 3.05) is 94.2 Å². The number of rotatable bonds is 12. The number of carbonyl (C=O) groups excluding carboxylic acids is 1. The molecule has 346 valence electrons. The van der Waals surface area contributed by atoms with Gasteiger partial charge < -0.3 is 43.8 Å². The Kier molecular flexibility index (Phi) is 12.6. The molecular weight excluding hydrogens is 892 g/mol. The molecule has 2 unspecified atom stereocenters. The van der Waals surface area contributed by atoms with Gasteiger partial charge in [0.2, 0.25) is 5.88 Å². The quantitative estimate of drug-likeness (QED) is 0.0956. The van der Waals surface area contributed by atoms with Crippen molar-refractivity contribution in [2.24, 2.45) is 0 Å². The van der Waals surface area contributed by atoms with Crippen LogP contribution >= 0.6 is 11.6 Å². The Morgan fingerprint density at radius 3 is 2.52 bits per heavy atom. The smallest absolute Gasteiger partial charge is 0.293 e. The number of aromatic amines is 1. The minimum Gasteiger partial charge on any atom is -0.476 e. The third-order valence-corrected chi connectivity index (χ3v) is 14.3. The number of H-pyrrole nitrogens is 1. The standard InChI is InChI=1S/C46H49ClN8O10S/c47-32-4-2-29(3-5-32)37-24-43-42(64-28-65-43)21-31(37)26-52-13-15-53(16-14-52)33-6-8-36(39(22-33)54-12-1-17-63-46-41(54)20-30-10-11-48-44(30)50-46)45(56)51-66(59,60)35-7-9-38(40(23-35)55(57)58)49-25-34-27-61-18-19-62-34/h2-11,20,22-23,34,42-43,49H,1,12-19,21,24-28H2,(H,48,50)(H,51,56)/t34-,42?,43?/m0/s1. The number of nitrogens with one attached hydrogen (secondary N) is 3. The highest BCUT2D eigenvalue weighted by molar-refractivity contribution is 7.90. The molecule has 3 N–H and O–H groups in total. The first kappa shape index (κ1) is 44.1. The zero-order valence-corrected chi connectivity index (χ0v) is 37.5. The van der Waals surface area contributed by atoms with Crippen LogP contribution < -0.4 is 24.6 Å². The molecule has 0 radical (unpaired) electrons. The zero-order valence-electron chi connectivity index (χ0n) is 35.9. The maximum Gasteiger partial charge on any atom is 0.293 e. The van der Waals surface area contributed by atoms with E-state index in [1.165, 1.54) is 23.3 Å². The van der Waals surface area contributed by atoms with Crippen molar-refractivity contribution in [1.82, 2.24) is 19.6 Å². The molecule has 5 aliphatic rings. The summed E-state index contributed by atoms with van der Waals surface area (Å²) in [6.45, 7) is 6.26. The first-order chi connectivity index (χ1) is 32.1. The molecule has 1 aliphatic carbocycles. The zero-order chi connectivity index (χ0) is 45.4. The number of anilines is 4. The Balaban J connectivity index is 0.919. The number of nitro benzene ring substituents is 1. The number of nitrogens with zero attached hydrogens (tertiary/aromatic N) is 5. The Morgan fingerprint density at radius 2 is 1.73 bits per heavy atom. The summed E-state index contributed by atoms with van der Waals surface area (Å²) in [7, 11) is -4.61. The average Bonchev–Trinajstić information content (AvgIpc) is 3.94. The van der Waals surface area contributed by atoms with Crippen LogP contribution in [0.4, 0.5) is 28.4 Å². The highest BCUT2D eigenvalue weighted by Crippen LogP contribution is 2.42. The van der Waals surface area contributed by atoms with E-state index >= 15 is 0 Å². The van der Waals surface area contributed by atoms with E-state index in [2.05, 4.69) is 37.0 Å². The van der Waals surface area contributed by atoms with Crippen LogP contribution in [-0.2, 0) is 29.0 Å². The summed E-state index contributed by atoms with van der Waals surface area (Å²) in [6.07, 6.45) is 3.68. The number of hydrogen-bond acceptors (Lipinski definition) is 15. The summed E-state index contributed by atoms with van der Waals surface area (Å²) in [5.74, 6) is -0.529. The number of ether oxygens (including phenoxy) is 5. The highest BCUT2D eigenvalue weighted by Gasteiger charge is 2.37. The monoisotopic (exact) mass is 940 g/mol. The molecule has 3 aromatic carbocycles. The summed E-state index contributed by atoms with van der Waals surface area (Å²) < 4.78 is 59.1. The fourth-order valence-corrected chi connectivity index (χ4v) is 10.4. The van der Waals surface area contributed by atoms with Crippen LogP contribution in [-0.4, -0.2) is 131 Å². The molecule has 0 spiro atoms. The van der Waals surface area contributed by atoms with Crippen molar-refractivity contribution in [3.8, 4) is 5.88 Å². The van der Waals surface area contributed by atoms with Crippen LogP contribution in [0.5, 0.6) is 5.88 Å². The first-order valence-corrected chi connectivity index (χ1v) is 23.9. The van der Waals surface area contributed by atoms with Gasteiger partial charge in [-0.25, -0.2) is 13.1 Å². The number of benzene rings is 3. The number of aromatic nitrogens is 2. The number of fused-ring (bicyclic) bond motifs is 3. The highest BCUT2D eigenvalue weighted by atomic mass is 35.5. The molecule has 20 heteroatoms. The minimum absolute atomic E-state index is 0.0296. The van der Waals surface area contributed by atoms with E-state index in [0.717, 1.165) is 55.2 Å². The minimum atomic E-state index is -4.61. The summed E-state index contributed by atoms with van der Waals surface area (Å²) >= 11 is 6.26. The predicted molar refractivity (Wildman–Crippen MR) is 247 cm³/mol. The van der Waals surface area contributed by atoms with Gasteiger partial charge in [0.1, 0.15) is 23.8 Å². The van der Waals surface area contributed by atoms with Gasteiger partial charge in [0, 0.05) is 80.6 Å². The largest absolute Gasteiger partial charge is 0.476 e. The van der Waals surface area contributed by atoms with Crippen LogP contribution in [0.3, 0.4) is 0 Å². The Hall–Kier alpha value is -5.80. The van der Waals surface area contributed by atoms with Gasteiger partial charge in [-0.2, -0.15) is 4.98 Å². The van der Waals surface area contributed by atoms with Crippen LogP contribution in [0.15, 0.2) is 89.5 Å². The van der Waals surface area contributed by atoms with E-state index in [1.807, 2.05) is 41.3 Å². The second kappa shape index (κ2) is 18.8. The molecule has 66 heavy (non-hydrogen) atoms. The first-order valence-electron chi connectivity index (χ1n) is 22.0. The number of hydrogen-bond donors (Lipinski definition) is 3. The fraction of sp³-hybridized carbons (Fsp3) is 0.391. The van der Waals surface area contributed by atoms with Gasteiger partial charge in [0.15, 0.2) is 0 Å². The van der Waals surface area contributed by atoms with E-state index in [9.17, 15) is 23.3 Å². The lowest BCUT2D eigenvalue weighted by Crippen LogP contribution is -2.47. The number of pyridine rings is 1. The molecule has 3 fully saturated rings. The number of halogens is 1. The summed E-state index contributed by atoms with van der Waals surface area (Å²) in [4.78, 5) is 40.0. The molecule has 6 heterocycles. The molecule has 1 amide bonds. The molecule has 0 bridgehead atoms. The molecule has 0 saturated carbocycles. The maximum atomic E-state index is 14.4. The maximum absolute atomic E-state index is 14.4. The van der Waals surface area contributed by atoms with Crippen LogP contribution in [0, 0.1) is 10.1 Å². The number of sulfonamides is 1. The van der Waals surface area contributed by atoms with Crippen molar-refractivity contribution in [3.63, 3.8) is 0 Å².